The van der Waals surface area contributed by atoms with Crippen molar-refractivity contribution in [1.82, 2.24) is 0 Å². The number of hydrogen-bond acceptors (Lipinski definition) is 5. The van der Waals surface area contributed by atoms with Crippen molar-refractivity contribution in [2.24, 2.45) is 0 Å². The van der Waals surface area contributed by atoms with Crippen molar-refractivity contribution >= 4 is 23.7 Å². The number of thioether (sulfide) groups is 1. The normalized spacial score (nSPS) is 18.1. The molecular weight excluding hydrogens is 228 g/mol. The summed E-state index contributed by atoms with van der Waals surface area (Å²) in [6.07, 6.45) is 4.78. The Morgan fingerprint density at radius 2 is 1.88 bits per heavy atom. The van der Waals surface area contributed by atoms with E-state index in [0.29, 0.717) is 5.25 Å². The van der Waals surface area contributed by atoms with Crippen LogP contribution in [0.1, 0.15) is 39.5 Å². The zero-order chi connectivity index (χ0) is 12.0. The van der Waals surface area contributed by atoms with Gasteiger partial charge in [0.05, 0.1) is 0 Å². The van der Waals surface area contributed by atoms with E-state index >= 15 is 0 Å². The molecule has 0 aromatic heterocycles. The average molecular weight is 246 g/mol. The highest BCUT2D eigenvalue weighted by Crippen LogP contribution is 2.32. The summed E-state index contributed by atoms with van der Waals surface area (Å²) in [6, 6.07) is 0. The molecule has 0 amide bonds. The molecule has 0 aliphatic heterocycles. The molecule has 0 bridgehead atoms. The van der Waals surface area contributed by atoms with Crippen LogP contribution in [0.2, 0.25) is 0 Å². The third kappa shape index (κ3) is 5.39. The molecule has 0 aromatic carbocycles. The lowest BCUT2D eigenvalue weighted by molar-refractivity contribution is -0.151. The smallest absolute Gasteiger partial charge is 0.303 e. The van der Waals surface area contributed by atoms with Gasteiger partial charge in [0.1, 0.15) is 6.61 Å². The first-order valence-corrected chi connectivity index (χ1v) is 6.48. The minimum atomic E-state index is -0.357. The quantitative estimate of drug-likeness (QED) is 0.549. The minimum Gasteiger partial charge on any atom is -0.461 e. The summed E-state index contributed by atoms with van der Waals surface area (Å²) in [7, 11) is 0. The van der Waals surface area contributed by atoms with Gasteiger partial charge in [-0.3, -0.25) is 9.59 Å². The van der Waals surface area contributed by atoms with Crippen LogP contribution >= 0.6 is 11.8 Å². The number of ether oxygens (including phenoxy) is 2. The molecule has 1 aliphatic carbocycles. The van der Waals surface area contributed by atoms with Gasteiger partial charge >= 0.3 is 11.9 Å². The van der Waals surface area contributed by atoms with Gasteiger partial charge in [-0.2, -0.15) is 0 Å². The lowest BCUT2D eigenvalue weighted by atomic mass is 10.4. The number of rotatable bonds is 5. The molecule has 0 saturated heterocycles. The first kappa shape index (κ1) is 13.4. The second kappa shape index (κ2) is 6.78. The summed E-state index contributed by atoms with van der Waals surface area (Å²) >= 11 is 1.60. The lowest BCUT2D eigenvalue weighted by Crippen LogP contribution is -2.22. The van der Waals surface area contributed by atoms with Crippen LogP contribution in [0.5, 0.6) is 0 Å². The topological polar surface area (TPSA) is 52.6 Å². The number of carbonyl (C=O) groups is 2. The predicted octanol–water partition coefficient (Wildman–Crippen LogP) is 2.11. The van der Waals surface area contributed by atoms with Crippen LogP contribution in [-0.2, 0) is 19.1 Å². The largest absolute Gasteiger partial charge is 0.461 e. The van der Waals surface area contributed by atoms with Crippen molar-refractivity contribution in [3.63, 3.8) is 0 Å². The number of esters is 2. The van der Waals surface area contributed by atoms with E-state index in [9.17, 15) is 9.59 Å². The molecule has 1 saturated carbocycles. The van der Waals surface area contributed by atoms with Crippen LogP contribution in [-0.4, -0.2) is 29.2 Å². The Kier molecular flexibility index (Phi) is 5.66. The van der Waals surface area contributed by atoms with E-state index in [0.717, 1.165) is 12.8 Å². The van der Waals surface area contributed by atoms with Crippen LogP contribution < -0.4 is 0 Å². The van der Waals surface area contributed by atoms with Crippen molar-refractivity contribution in [2.45, 2.75) is 50.2 Å². The van der Waals surface area contributed by atoms with Crippen molar-refractivity contribution in [3.05, 3.63) is 0 Å². The van der Waals surface area contributed by atoms with E-state index < -0.39 is 0 Å². The molecule has 1 atom stereocenters. The summed E-state index contributed by atoms with van der Waals surface area (Å²) in [6.45, 7) is 2.87. The summed E-state index contributed by atoms with van der Waals surface area (Å²) in [4.78, 5) is 21.6. The Balaban J connectivity index is 2.35. The van der Waals surface area contributed by atoms with Gasteiger partial charge in [-0.25, -0.2) is 0 Å². The molecule has 0 unspecified atom stereocenters. The second-order valence-corrected chi connectivity index (χ2v) is 5.35. The van der Waals surface area contributed by atoms with E-state index in [-0.39, 0.29) is 24.0 Å². The van der Waals surface area contributed by atoms with Gasteiger partial charge in [-0.05, 0) is 12.8 Å². The number of hydrogen-bond donors (Lipinski definition) is 0. The molecule has 4 nitrogen and oxygen atoms in total. The fourth-order valence-electron chi connectivity index (χ4n) is 1.71. The molecule has 0 radical (unpaired) electrons. The summed E-state index contributed by atoms with van der Waals surface area (Å²) in [5.41, 5.74) is -0.357. The Morgan fingerprint density at radius 3 is 2.38 bits per heavy atom. The van der Waals surface area contributed by atoms with Gasteiger partial charge in [-0.1, -0.05) is 12.8 Å². The van der Waals surface area contributed by atoms with Crippen molar-refractivity contribution in [3.8, 4) is 0 Å². The van der Waals surface area contributed by atoms with Crippen LogP contribution in [0, 0.1) is 0 Å². The molecule has 1 aliphatic rings. The summed E-state index contributed by atoms with van der Waals surface area (Å²) in [5.74, 6) is -0.674. The van der Waals surface area contributed by atoms with Gasteiger partial charge in [0.15, 0.2) is 5.44 Å². The predicted molar refractivity (Wildman–Crippen MR) is 62.0 cm³/mol. The second-order valence-electron chi connectivity index (χ2n) is 3.88. The maximum atomic E-state index is 10.9. The van der Waals surface area contributed by atoms with Crippen molar-refractivity contribution in [1.29, 1.82) is 0 Å². The lowest BCUT2D eigenvalue weighted by Gasteiger charge is -2.19. The Hall–Kier alpha value is -0.710. The van der Waals surface area contributed by atoms with E-state index in [1.54, 1.807) is 11.8 Å². The fraction of sp³-hybridized carbons (Fsp3) is 0.818. The summed E-state index contributed by atoms with van der Waals surface area (Å²) < 4.78 is 9.99. The molecule has 0 N–H and O–H groups in total. The SMILES string of the molecule is CC(=O)OC[C@H](OC(C)=O)SC1CCCC1. The molecule has 5 heteroatoms. The van der Waals surface area contributed by atoms with Gasteiger partial charge in [0.2, 0.25) is 0 Å². The minimum absolute atomic E-state index is 0.149. The van der Waals surface area contributed by atoms with Gasteiger partial charge in [0.25, 0.3) is 0 Å². The average Bonchev–Trinajstić information content (AvgIpc) is 2.66. The Morgan fingerprint density at radius 1 is 1.25 bits per heavy atom. The Bertz CT molecular complexity index is 248. The zero-order valence-corrected chi connectivity index (χ0v) is 10.5. The highest BCUT2D eigenvalue weighted by molar-refractivity contribution is 8.00. The van der Waals surface area contributed by atoms with E-state index in [1.165, 1.54) is 26.7 Å². The molecule has 0 heterocycles. The van der Waals surface area contributed by atoms with Crippen LogP contribution in [0.4, 0.5) is 0 Å². The first-order valence-electron chi connectivity index (χ1n) is 5.54. The molecule has 16 heavy (non-hydrogen) atoms. The molecule has 0 aromatic rings. The van der Waals surface area contributed by atoms with E-state index in [1.807, 2.05) is 0 Å². The maximum absolute atomic E-state index is 10.9. The van der Waals surface area contributed by atoms with Crippen molar-refractivity contribution < 1.29 is 19.1 Å². The van der Waals surface area contributed by atoms with Gasteiger partial charge < -0.3 is 9.47 Å². The van der Waals surface area contributed by atoms with Crippen LogP contribution in [0.25, 0.3) is 0 Å². The van der Waals surface area contributed by atoms with Crippen LogP contribution in [0.15, 0.2) is 0 Å². The molecule has 92 valence electrons. The monoisotopic (exact) mass is 246 g/mol. The molecule has 0 spiro atoms. The zero-order valence-electron chi connectivity index (χ0n) is 9.73. The first-order chi connectivity index (χ1) is 7.58. The van der Waals surface area contributed by atoms with E-state index in [4.69, 9.17) is 9.47 Å². The summed E-state index contributed by atoms with van der Waals surface area (Å²) in [5, 5.41) is 0.528. The Labute approximate surface area is 100 Å². The third-order valence-electron chi connectivity index (χ3n) is 2.37. The van der Waals surface area contributed by atoms with E-state index in [2.05, 4.69) is 0 Å². The highest BCUT2D eigenvalue weighted by atomic mass is 32.2. The number of carbonyl (C=O) groups excluding carboxylic acids is 2. The van der Waals surface area contributed by atoms with Gasteiger partial charge in [-0.15, -0.1) is 11.8 Å². The highest BCUT2D eigenvalue weighted by Gasteiger charge is 2.23. The fourth-order valence-corrected chi connectivity index (χ4v) is 3.08. The van der Waals surface area contributed by atoms with Gasteiger partial charge in [0, 0.05) is 19.1 Å². The molecule has 1 fully saturated rings. The van der Waals surface area contributed by atoms with Crippen molar-refractivity contribution in [2.75, 3.05) is 6.61 Å². The standard InChI is InChI=1S/C11H18O4S/c1-8(12)14-7-11(15-9(2)13)16-10-5-3-4-6-10/h10-11H,3-7H2,1-2H3/t11-/m1/s1. The third-order valence-corrected chi connectivity index (χ3v) is 3.76. The molecule has 1 rings (SSSR count). The molecular formula is C11H18O4S. The maximum Gasteiger partial charge on any atom is 0.303 e. The van der Waals surface area contributed by atoms with Crippen LogP contribution in [0.3, 0.4) is 0 Å².